The minimum atomic E-state index is -0.636. The van der Waals surface area contributed by atoms with E-state index in [9.17, 15) is 19.5 Å². The van der Waals surface area contributed by atoms with Crippen molar-refractivity contribution in [1.29, 1.82) is 0 Å². The number of benzene rings is 1. The lowest BCUT2D eigenvalue weighted by molar-refractivity contribution is -0.143. The Balaban J connectivity index is 1.27. The SMILES string of the molecule is CCCc1cc(=O)oc2cc(OCC(=O)NCC(=O)N3CC[C@@]4(O)CCCC[C@H]4C3)ccc12. The number of carbonyl (C=O) groups excluding carboxylic acids is 2. The van der Waals surface area contributed by atoms with Crippen LogP contribution in [0.2, 0.25) is 0 Å². The van der Waals surface area contributed by atoms with E-state index in [0.29, 0.717) is 30.8 Å². The maximum atomic E-state index is 12.6. The Hall–Kier alpha value is -2.87. The van der Waals surface area contributed by atoms with E-state index in [-0.39, 0.29) is 25.0 Å². The van der Waals surface area contributed by atoms with E-state index in [0.717, 1.165) is 49.5 Å². The summed E-state index contributed by atoms with van der Waals surface area (Å²) >= 11 is 0. The minimum absolute atomic E-state index is 0.0969. The molecule has 1 saturated carbocycles. The van der Waals surface area contributed by atoms with Gasteiger partial charge in [-0.1, -0.05) is 26.2 Å². The van der Waals surface area contributed by atoms with Crippen LogP contribution < -0.4 is 15.7 Å². The van der Waals surface area contributed by atoms with Crippen LogP contribution >= 0.6 is 0 Å². The third kappa shape index (κ3) is 5.38. The number of aryl methyl sites for hydroxylation is 1. The number of rotatable bonds is 7. The fraction of sp³-hybridized carbons (Fsp3) is 0.560. The number of ether oxygens (including phenoxy) is 1. The standard InChI is InChI=1S/C25H32N2O6/c1-2-5-17-12-24(30)33-21-13-19(7-8-20(17)21)32-16-22(28)26-14-23(29)27-11-10-25(31)9-4-3-6-18(25)15-27/h7-8,12-13,18,31H,2-6,9-11,14-16H2,1H3,(H,26,28)/t18-,25-/m0/s1. The second kappa shape index (κ2) is 9.95. The van der Waals surface area contributed by atoms with Gasteiger partial charge in [0.15, 0.2) is 6.61 Å². The molecule has 2 fully saturated rings. The van der Waals surface area contributed by atoms with Crippen LogP contribution in [0, 0.1) is 5.92 Å². The highest BCUT2D eigenvalue weighted by Gasteiger charge is 2.43. The molecule has 2 aromatic rings. The lowest BCUT2D eigenvalue weighted by Gasteiger charge is -2.47. The van der Waals surface area contributed by atoms with Crippen LogP contribution in [0.4, 0.5) is 0 Å². The third-order valence-electron chi connectivity index (χ3n) is 6.91. The number of amides is 2. The molecule has 178 valence electrons. The monoisotopic (exact) mass is 456 g/mol. The molecule has 1 aromatic carbocycles. The predicted molar refractivity (Wildman–Crippen MR) is 123 cm³/mol. The lowest BCUT2D eigenvalue weighted by atomic mass is 9.71. The highest BCUT2D eigenvalue weighted by atomic mass is 16.5. The molecular weight excluding hydrogens is 424 g/mol. The zero-order valence-corrected chi connectivity index (χ0v) is 19.1. The van der Waals surface area contributed by atoms with Crippen molar-refractivity contribution in [2.75, 3.05) is 26.2 Å². The van der Waals surface area contributed by atoms with Gasteiger partial charge in [0, 0.05) is 36.5 Å². The van der Waals surface area contributed by atoms with Gasteiger partial charge in [-0.3, -0.25) is 9.59 Å². The van der Waals surface area contributed by atoms with E-state index in [1.807, 2.05) is 13.0 Å². The summed E-state index contributed by atoms with van der Waals surface area (Å²) in [4.78, 5) is 38.3. The maximum Gasteiger partial charge on any atom is 0.336 e. The molecule has 2 atom stereocenters. The van der Waals surface area contributed by atoms with Gasteiger partial charge in [-0.25, -0.2) is 4.79 Å². The maximum absolute atomic E-state index is 12.6. The van der Waals surface area contributed by atoms with Crippen molar-refractivity contribution in [2.45, 2.75) is 57.5 Å². The van der Waals surface area contributed by atoms with Crippen molar-refractivity contribution in [3.8, 4) is 5.75 Å². The Kier molecular flexibility index (Phi) is 7.02. The summed E-state index contributed by atoms with van der Waals surface area (Å²) in [5.41, 5.74) is 0.300. The van der Waals surface area contributed by atoms with Crippen LogP contribution in [-0.2, 0) is 16.0 Å². The molecule has 1 aliphatic heterocycles. The molecule has 4 rings (SSSR count). The first-order valence-corrected chi connectivity index (χ1v) is 11.8. The van der Waals surface area contributed by atoms with Gasteiger partial charge in [0.05, 0.1) is 12.1 Å². The first kappa shape index (κ1) is 23.3. The fourth-order valence-electron chi connectivity index (χ4n) is 5.06. The van der Waals surface area contributed by atoms with Gasteiger partial charge in [-0.2, -0.15) is 0 Å². The molecule has 8 heteroatoms. The summed E-state index contributed by atoms with van der Waals surface area (Å²) in [7, 11) is 0. The van der Waals surface area contributed by atoms with E-state index in [1.54, 1.807) is 17.0 Å². The highest BCUT2D eigenvalue weighted by molar-refractivity contribution is 5.86. The van der Waals surface area contributed by atoms with Crippen LogP contribution in [-0.4, -0.2) is 53.7 Å². The Morgan fingerprint density at radius 3 is 2.94 bits per heavy atom. The molecule has 8 nitrogen and oxygen atoms in total. The molecule has 2 amide bonds. The Bertz CT molecular complexity index is 1080. The second-order valence-electron chi connectivity index (χ2n) is 9.20. The highest BCUT2D eigenvalue weighted by Crippen LogP contribution is 2.39. The van der Waals surface area contributed by atoms with Crippen LogP contribution in [0.25, 0.3) is 11.0 Å². The molecule has 33 heavy (non-hydrogen) atoms. The average Bonchev–Trinajstić information content (AvgIpc) is 2.80. The quantitative estimate of drug-likeness (QED) is 0.620. The Morgan fingerprint density at radius 2 is 2.12 bits per heavy atom. The number of hydrogen-bond donors (Lipinski definition) is 2. The molecule has 0 unspecified atom stereocenters. The predicted octanol–water partition coefficient (Wildman–Crippen LogP) is 2.39. The zero-order valence-electron chi connectivity index (χ0n) is 19.1. The van der Waals surface area contributed by atoms with Crippen molar-refractivity contribution in [1.82, 2.24) is 10.2 Å². The van der Waals surface area contributed by atoms with Gasteiger partial charge in [-0.05, 0) is 43.4 Å². The molecule has 2 N–H and O–H groups in total. The minimum Gasteiger partial charge on any atom is -0.484 e. The van der Waals surface area contributed by atoms with Gasteiger partial charge >= 0.3 is 5.63 Å². The number of aliphatic hydroxyl groups is 1. The zero-order chi connectivity index (χ0) is 23.4. The van der Waals surface area contributed by atoms with Crippen molar-refractivity contribution < 1.29 is 23.8 Å². The normalized spacial score (nSPS) is 22.6. The van der Waals surface area contributed by atoms with Crippen molar-refractivity contribution in [3.05, 3.63) is 40.2 Å². The van der Waals surface area contributed by atoms with Gasteiger partial charge in [-0.15, -0.1) is 0 Å². The summed E-state index contributed by atoms with van der Waals surface area (Å²) in [5, 5.41) is 14.2. The van der Waals surface area contributed by atoms with E-state index < -0.39 is 17.1 Å². The number of hydrogen-bond acceptors (Lipinski definition) is 6. The molecule has 1 saturated heterocycles. The molecular formula is C25H32N2O6. The van der Waals surface area contributed by atoms with Crippen LogP contribution in [0.3, 0.4) is 0 Å². The van der Waals surface area contributed by atoms with Crippen molar-refractivity contribution in [3.63, 3.8) is 0 Å². The third-order valence-corrected chi connectivity index (χ3v) is 6.91. The lowest BCUT2D eigenvalue weighted by Crippen LogP contribution is -2.56. The number of fused-ring (bicyclic) bond motifs is 2. The summed E-state index contributed by atoms with van der Waals surface area (Å²) < 4.78 is 10.8. The Labute approximate surface area is 192 Å². The van der Waals surface area contributed by atoms with Gasteiger partial charge in [0.25, 0.3) is 5.91 Å². The van der Waals surface area contributed by atoms with E-state index in [1.165, 1.54) is 6.07 Å². The van der Waals surface area contributed by atoms with Crippen molar-refractivity contribution in [2.24, 2.45) is 5.92 Å². The topological polar surface area (TPSA) is 109 Å². The molecule has 0 spiro atoms. The summed E-state index contributed by atoms with van der Waals surface area (Å²) in [6.45, 7) is 2.76. The summed E-state index contributed by atoms with van der Waals surface area (Å²) in [6, 6.07) is 6.67. The van der Waals surface area contributed by atoms with Crippen molar-refractivity contribution >= 4 is 22.8 Å². The molecule has 0 radical (unpaired) electrons. The second-order valence-corrected chi connectivity index (χ2v) is 9.20. The Morgan fingerprint density at radius 1 is 1.27 bits per heavy atom. The average molecular weight is 457 g/mol. The van der Waals surface area contributed by atoms with E-state index in [2.05, 4.69) is 5.32 Å². The molecule has 0 bridgehead atoms. The van der Waals surface area contributed by atoms with Gasteiger partial charge in [0.1, 0.15) is 11.3 Å². The molecule has 2 aliphatic rings. The first-order chi connectivity index (χ1) is 15.9. The molecule has 2 heterocycles. The number of likely N-dealkylation sites (tertiary alicyclic amines) is 1. The molecule has 1 aromatic heterocycles. The van der Waals surface area contributed by atoms with Gasteiger partial charge in [0.2, 0.25) is 5.91 Å². The largest absolute Gasteiger partial charge is 0.484 e. The van der Waals surface area contributed by atoms with E-state index >= 15 is 0 Å². The van der Waals surface area contributed by atoms with E-state index in [4.69, 9.17) is 9.15 Å². The fourth-order valence-corrected chi connectivity index (χ4v) is 5.06. The smallest absolute Gasteiger partial charge is 0.336 e. The van der Waals surface area contributed by atoms with Crippen LogP contribution in [0.15, 0.2) is 33.5 Å². The first-order valence-electron chi connectivity index (χ1n) is 11.8. The number of carbonyl (C=O) groups is 2. The number of piperidine rings is 1. The van der Waals surface area contributed by atoms with Crippen LogP contribution in [0.1, 0.15) is 51.0 Å². The summed E-state index contributed by atoms with van der Waals surface area (Å²) in [6.07, 6.45) is 6.16. The number of nitrogens with one attached hydrogen (secondary N) is 1. The number of nitrogens with zero attached hydrogens (tertiary/aromatic N) is 1. The van der Waals surface area contributed by atoms with Crippen LogP contribution in [0.5, 0.6) is 5.75 Å². The van der Waals surface area contributed by atoms with Gasteiger partial charge < -0.3 is 24.5 Å². The molecule has 1 aliphatic carbocycles. The summed E-state index contributed by atoms with van der Waals surface area (Å²) in [5.74, 6) is -0.0232.